The molecule has 0 bridgehead atoms. The summed E-state index contributed by atoms with van der Waals surface area (Å²) >= 11 is 1.84. The molecular weight excluding hydrogens is 687 g/mol. The first-order chi connectivity index (χ1) is 27.2. The maximum absolute atomic E-state index is 6.84. The second-order valence-electron chi connectivity index (χ2n) is 14.1. The van der Waals surface area contributed by atoms with E-state index in [1.54, 1.807) is 0 Å². The number of anilines is 3. The topological polar surface area (TPSA) is 16.4 Å². The van der Waals surface area contributed by atoms with Gasteiger partial charge in [0.25, 0.3) is 0 Å². The summed E-state index contributed by atoms with van der Waals surface area (Å²) < 4.78 is 9.41. The van der Waals surface area contributed by atoms with Crippen molar-refractivity contribution in [2.75, 3.05) is 4.90 Å². The molecule has 11 rings (SSSR count). The number of hydrogen-bond donors (Lipinski definition) is 0. The van der Waals surface area contributed by atoms with Gasteiger partial charge in [0, 0.05) is 47.9 Å². The predicted molar refractivity (Wildman–Crippen MR) is 235 cm³/mol. The van der Waals surface area contributed by atoms with Crippen LogP contribution in [0.4, 0.5) is 17.1 Å². The summed E-state index contributed by atoms with van der Waals surface area (Å²) in [6.07, 6.45) is 0. The molecule has 0 unspecified atom stereocenters. The molecule has 2 nitrogen and oxygen atoms in total. The van der Waals surface area contributed by atoms with Gasteiger partial charge in [-0.3, -0.25) is 0 Å². The van der Waals surface area contributed by atoms with Gasteiger partial charge in [0.05, 0.1) is 5.69 Å². The molecule has 9 aromatic carbocycles. The first-order valence-electron chi connectivity index (χ1n) is 18.7. The second kappa shape index (κ2) is 12.9. The van der Waals surface area contributed by atoms with Gasteiger partial charge in [-0.1, -0.05) is 146 Å². The predicted octanol–water partition coefficient (Wildman–Crippen LogP) is 15.6. The van der Waals surface area contributed by atoms with Crippen LogP contribution in [0.1, 0.15) is 0 Å². The van der Waals surface area contributed by atoms with Gasteiger partial charge in [-0.2, -0.15) is 0 Å². The first-order valence-corrected chi connectivity index (χ1v) is 19.5. The summed E-state index contributed by atoms with van der Waals surface area (Å²) in [6, 6.07) is 72.2. The normalized spacial score (nSPS) is 11.6. The van der Waals surface area contributed by atoms with Crippen LogP contribution in [0.3, 0.4) is 0 Å². The monoisotopic (exact) mass is 719 g/mol. The summed E-state index contributed by atoms with van der Waals surface area (Å²) in [5, 5.41) is 7.25. The van der Waals surface area contributed by atoms with Crippen LogP contribution in [0.5, 0.6) is 0 Å². The Kier molecular flexibility index (Phi) is 7.39. The molecule has 0 spiro atoms. The van der Waals surface area contributed by atoms with Crippen molar-refractivity contribution in [2.24, 2.45) is 0 Å². The largest absolute Gasteiger partial charge is 0.454 e. The fourth-order valence-electron chi connectivity index (χ4n) is 8.13. The van der Waals surface area contributed by atoms with Gasteiger partial charge in [0.15, 0.2) is 5.58 Å². The van der Waals surface area contributed by atoms with Gasteiger partial charge in [0.2, 0.25) is 0 Å². The third kappa shape index (κ3) is 5.40. The van der Waals surface area contributed by atoms with Crippen LogP contribution in [0.2, 0.25) is 0 Å². The van der Waals surface area contributed by atoms with Gasteiger partial charge >= 0.3 is 0 Å². The van der Waals surface area contributed by atoms with Crippen LogP contribution in [0.25, 0.3) is 86.3 Å². The third-order valence-corrected chi connectivity index (χ3v) is 12.0. The number of hydrogen-bond acceptors (Lipinski definition) is 3. The quantitative estimate of drug-likeness (QED) is 0.170. The highest BCUT2D eigenvalue weighted by molar-refractivity contribution is 7.25. The average molecular weight is 720 g/mol. The number of fused-ring (bicyclic) bond motifs is 7. The Labute approximate surface area is 322 Å². The van der Waals surface area contributed by atoms with Crippen LogP contribution in [0.15, 0.2) is 205 Å². The summed E-state index contributed by atoms with van der Waals surface area (Å²) in [5.74, 6) is 0. The number of rotatable bonds is 6. The zero-order valence-electron chi connectivity index (χ0n) is 29.8. The molecule has 0 aliphatic carbocycles. The molecule has 0 atom stereocenters. The van der Waals surface area contributed by atoms with E-state index in [2.05, 4.69) is 199 Å². The third-order valence-electron chi connectivity index (χ3n) is 10.9. The van der Waals surface area contributed by atoms with Gasteiger partial charge in [-0.15, -0.1) is 11.3 Å². The summed E-state index contributed by atoms with van der Waals surface area (Å²) in [5.41, 5.74) is 11.9. The fourth-order valence-corrected chi connectivity index (χ4v) is 9.22. The van der Waals surface area contributed by atoms with E-state index in [1.165, 1.54) is 53.2 Å². The van der Waals surface area contributed by atoms with Crippen molar-refractivity contribution in [1.82, 2.24) is 0 Å². The van der Waals surface area contributed by atoms with Gasteiger partial charge in [-0.05, 0) is 93.2 Å². The molecule has 0 fully saturated rings. The van der Waals surface area contributed by atoms with Crippen molar-refractivity contribution in [2.45, 2.75) is 0 Å². The lowest BCUT2D eigenvalue weighted by atomic mass is 9.97. The van der Waals surface area contributed by atoms with Crippen molar-refractivity contribution in [1.29, 1.82) is 0 Å². The summed E-state index contributed by atoms with van der Waals surface area (Å²) in [7, 11) is 0. The standard InChI is InChI=1S/C52H33NOS/c1-2-11-38(12-3-1)43-29-30-46-44-14-6-8-16-48(44)54-52(46)51(43)53(42-28-31-50-47(33-42)45-15-7-9-17-49(45)55-50)41-26-24-36(25-27-41)35-18-20-37(21-19-35)40-23-22-34-10-4-5-13-39(34)32-40/h1-33H. The molecule has 0 amide bonds. The van der Waals surface area contributed by atoms with Crippen LogP contribution >= 0.6 is 11.3 Å². The average Bonchev–Trinajstić information content (AvgIpc) is 3.83. The molecule has 3 heteroatoms. The van der Waals surface area contributed by atoms with E-state index in [9.17, 15) is 0 Å². The van der Waals surface area contributed by atoms with Crippen molar-refractivity contribution in [3.05, 3.63) is 200 Å². The minimum atomic E-state index is 0.867. The minimum absolute atomic E-state index is 0.867. The Balaban J connectivity index is 1.08. The molecule has 258 valence electrons. The van der Waals surface area contributed by atoms with Crippen molar-refractivity contribution in [3.8, 4) is 33.4 Å². The van der Waals surface area contributed by atoms with Crippen molar-refractivity contribution < 1.29 is 4.42 Å². The van der Waals surface area contributed by atoms with E-state index in [1.807, 2.05) is 17.4 Å². The van der Waals surface area contributed by atoms with E-state index in [0.29, 0.717) is 0 Å². The van der Waals surface area contributed by atoms with Crippen molar-refractivity contribution >= 4 is 81.3 Å². The SMILES string of the molecule is c1ccc(-c2ccc3c(oc4ccccc43)c2N(c2ccc(-c3ccc(-c4ccc5ccccc5c4)cc3)cc2)c2ccc3sc4ccccc4c3c2)cc1. The Morgan fingerprint density at radius 2 is 0.982 bits per heavy atom. The number of thiophene rings is 1. The molecule has 11 aromatic rings. The number of para-hydroxylation sites is 1. The van der Waals surface area contributed by atoms with Crippen molar-refractivity contribution in [3.63, 3.8) is 0 Å². The number of furan rings is 1. The van der Waals surface area contributed by atoms with Crippen LogP contribution in [-0.4, -0.2) is 0 Å². The molecule has 55 heavy (non-hydrogen) atoms. The van der Waals surface area contributed by atoms with E-state index in [0.717, 1.165) is 50.1 Å². The molecule has 0 aliphatic heterocycles. The Morgan fingerprint density at radius 1 is 0.364 bits per heavy atom. The lowest BCUT2D eigenvalue weighted by Gasteiger charge is -2.28. The highest BCUT2D eigenvalue weighted by atomic mass is 32.1. The maximum atomic E-state index is 6.84. The zero-order valence-corrected chi connectivity index (χ0v) is 30.6. The fraction of sp³-hybridized carbons (Fsp3) is 0. The van der Waals surface area contributed by atoms with Gasteiger partial charge < -0.3 is 9.32 Å². The second-order valence-corrected chi connectivity index (χ2v) is 15.2. The Morgan fingerprint density at radius 3 is 1.80 bits per heavy atom. The number of benzene rings is 9. The molecule has 0 radical (unpaired) electrons. The lowest BCUT2D eigenvalue weighted by molar-refractivity contribution is 0.669. The first kappa shape index (κ1) is 31.6. The summed E-state index contributed by atoms with van der Waals surface area (Å²) in [6.45, 7) is 0. The molecule has 0 N–H and O–H groups in total. The van der Waals surface area contributed by atoms with Gasteiger partial charge in [-0.25, -0.2) is 0 Å². The molecule has 2 heterocycles. The van der Waals surface area contributed by atoms with Crippen LogP contribution in [-0.2, 0) is 0 Å². The van der Waals surface area contributed by atoms with E-state index >= 15 is 0 Å². The van der Waals surface area contributed by atoms with Crippen LogP contribution < -0.4 is 4.90 Å². The highest BCUT2D eigenvalue weighted by Crippen LogP contribution is 2.49. The van der Waals surface area contributed by atoms with Gasteiger partial charge in [0.1, 0.15) is 5.58 Å². The molecule has 2 aromatic heterocycles. The Hall–Kier alpha value is -6.94. The van der Waals surface area contributed by atoms with E-state index in [4.69, 9.17) is 4.42 Å². The zero-order chi connectivity index (χ0) is 36.3. The van der Waals surface area contributed by atoms with E-state index in [-0.39, 0.29) is 0 Å². The van der Waals surface area contributed by atoms with Crippen LogP contribution in [0, 0.1) is 0 Å². The lowest BCUT2D eigenvalue weighted by Crippen LogP contribution is -2.11. The summed E-state index contributed by atoms with van der Waals surface area (Å²) in [4.78, 5) is 2.39. The molecular formula is C52H33NOS. The maximum Gasteiger partial charge on any atom is 0.160 e. The highest BCUT2D eigenvalue weighted by Gasteiger charge is 2.24. The Bertz CT molecular complexity index is 3190. The minimum Gasteiger partial charge on any atom is -0.454 e. The molecule has 0 saturated carbocycles. The smallest absolute Gasteiger partial charge is 0.160 e. The van der Waals surface area contributed by atoms with E-state index < -0.39 is 0 Å². The molecule has 0 aliphatic rings. The molecule has 0 saturated heterocycles. The number of nitrogens with zero attached hydrogens (tertiary/aromatic N) is 1.